The number of ketones is 1. The second kappa shape index (κ2) is 4.88. The molecule has 0 saturated carbocycles. The zero-order chi connectivity index (χ0) is 13.5. The molecule has 1 atom stereocenters. The number of ether oxygens (including phenoxy) is 1. The van der Waals surface area contributed by atoms with Gasteiger partial charge in [-0.25, -0.2) is 0 Å². The highest BCUT2D eigenvalue weighted by Crippen LogP contribution is 2.32. The smallest absolute Gasteiger partial charge is 0.163 e. The molecule has 3 heteroatoms. The van der Waals surface area contributed by atoms with Crippen molar-refractivity contribution in [1.29, 1.82) is 0 Å². The Labute approximate surface area is 119 Å². The molecule has 106 valence electrons. The molecule has 0 spiro atoms. The van der Waals surface area contributed by atoms with Crippen LogP contribution in [0.5, 0.6) is 5.75 Å². The number of piperidine rings is 3. The van der Waals surface area contributed by atoms with Crippen LogP contribution in [0.25, 0.3) is 0 Å². The minimum atomic E-state index is 0.280. The highest BCUT2D eigenvalue weighted by Gasteiger charge is 2.33. The van der Waals surface area contributed by atoms with Gasteiger partial charge in [-0.3, -0.25) is 9.69 Å². The van der Waals surface area contributed by atoms with Crippen LogP contribution in [0.1, 0.15) is 41.6 Å². The third-order valence-corrected chi connectivity index (χ3v) is 5.21. The third kappa shape index (κ3) is 2.14. The Morgan fingerprint density at radius 3 is 2.80 bits per heavy atom. The molecule has 0 amide bonds. The van der Waals surface area contributed by atoms with E-state index in [1.165, 1.54) is 32.4 Å². The SMILES string of the molecule is O=C1CCc2cc(OCC3CC4CCN3CC4)ccc21. The molecule has 1 aliphatic carbocycles. The lowest BCUT2D eigenvalue weighted by molar-refractivity contribution is 0.0238. The van der Waals surface area contributed by atoms with Crippen molar-refractivity contribution >= 4 is 5.78 Å². The fourth-order valence-electron chi connectivity index (χ4n) is 3.98. The molecule has 5 rings (SSSR count). The summed E-state index contributed by atoms with van der Waals surface area (Å²) in [4.78, 5) is 14.2. The maximum Gasteiger partial charge on any atom is 0.163 e. The monoisotopic (exact) mass is 271 g/mol. The zero-order valence-corrected chi connectivity index (χ0v) is 11.8. The van der Waals surface area contributed by atoms with Crippen LogP contribution < -0.4 is 4.74 Å². The first kappa shape index (κ1) is 12.4. The second-order valence-corrected chi connectivity index (χ2v) is 6.42. The van der Waals surface area contributed by atoms with Gasteiger partial charge in [-0.15, -0.1) is 0 Å². The summed E-state index contributed by atoms with van der Waals surface area (Å²) in [5, 5.41) is 0. The van der Waals surface area contributed by atoms with E-state index in [1.807, 2.05) is 12.1 Å². The van der Waals surface area contributed by atoms with Crippen molar-refractivity contribution < 1.29 is 9.53 Å². The fraction of sp³-hybridized carbons (Fsp3) is 0.588. The van der Waals surface area contributed by atoms with Gasteiger partial charge in [-0.2, -0.15) is 0 Å². The number of rotatable bonds is 3. The first-order valence-electron chi connectivity index (χ1n) is 7.82. The molecule has 0 N–H and O–H groups in total. The van der Waals surface area contributed by atoms with Crippen LogP contribution in [0.4, 0.5) is 0 Å². The largest absolute Gasteiger partial charge is 0.492 e. The van der Waals surface area contributed by atoms with Gasteiger partial charge >= 0.3 is 0 Å². The van der Waals surface area contributed by atoms with Crippen LogP contribution in [0.2, 0.25) is 0 Å². The van der Waals surface area contributed by atoms with Gasteiger partial charge in [0.1, 0.15) is 12.4 Å². The summed E-state index contributed by atoms with van der Waals surface area (Å²) in [6, 6.07) is 6.56. The summed E-state index contributed by atoms with van der Waals surface area (Å²) in [7, 11) is 0. The number of hydrogen-bond donors (Lipinski definition) is 0. The first-order valence-corrected chi connectivity index (χ1v) is 7.82. The van der Waals surface area contributed by atoms with Gasteiger partial charge < -0.3 is 4.74 Å². The number of carbonyl (C=O) groups is 1. The topological polar surface area (TPSA) is 29.5 Å². The predicted molar refractivity (Wildman–Crippen MR) is 77.3 cm³/mol. The minimum Gasteiger partial charge on any atom is -0.492 e. The van der Waals surface area contributed by atoms with Crippen LogP contribution in [-0.2, 0) is 6.42 Å². The molecule has 1 unspecified atom stereocenters. The normalized spacial score (nSPS) is 31.4. The molecule has 20 heavy (non-hydrogen) atoms. The van der Waals surface area contributed by atoms with Crippen molar-refractivity contribution in [1.82, 2.24) is 4.90 Å². The fourth-order valence-corrected chi connectivity index (χ4v) is 3.98. The molecule has 1 aromatic carbocycles. The predicted octanol–water partition coefficient (Wildman–Crippen LogP) is 2.68. The lowest BCUT2D eigenvalue weighted by Gasteiger charge is -2.45. The van der Waals surface area contributed by atoms with E-state index < -0.39 is 0 Å². The maximum absolute atomic E-state index is 11.6. The Morgan fingerprint density at radius 1 is 1.20 bits per heavy atom. The number of aryl methyl sites for hydroxylation is 1. The van der Waals surface area contributed by atoms with Gasteiger partial charge in [0.15, 0.2) is 5.78 Å². The maximum atomic E-state index is 11.6. The first-order chi connectivity index (χ1) is 9.79. The Morgan fingerprint density at radius 2 is 2.05 bits per heavy atom. The molecule has 3 nitrogen and oxygen atoms in total. The van der Waals surface area contributed by atoms with Crippen molar-refractivity contribution in [2.24, 2.45) is 5.92 Å². The average Bonchev–Trinajstić information content (AvgIpc) is 2.87. The summed E-state index contributed by atoms with van der Waals surface area (Å²) in [6.07, 6.45) is 5.58. The summed E-state index contributed by atoms with van der Waals surface area (Å²) >= 11 is 0. The molecule has 1 aromatic rings. The Bertz CT molecular complexity index is 532. The van der Waals surface area contributed by atoms with Crippen LogP contribution in [0.3, 0.4) is 0 Å². The molecule has 0 aromatic heterocycles. The van der Waals surface area contributed by atoms with Gasteiger partial charge in [-0.1, -0.05) is 0 Å². The van der Waals surface area contributed by atoms with E-state index >= 15 is 0 Å². The van der Waals surface area contributed by atoms with E-state index in [9.17, 15) is 4.79 Å². The summed E-state index contributed by atoms with van der Waals surface area (Å²) in [5.41, 5.74) is 2.07. The molecule has 0 radical (unpaired) electrons. The van der Waals surface area contributed by atoms with E-state index in [0.29, 0.717) is 12.5 Å². The van der Waals surface area contributed by atoms with E-state index in [2.05, 4.69) is 11.0 Å². The number of carbonyl (C=O) groups excluding carboxylic acids is 1. The Kier molecular flexibility index (Phi) is 3.03. The molecule has 3 aliphatic heterocycles. The summed E-state index contributed by atoms with van der Waals surface area (Å²) in [5.74, 6) is 2.13. The molecule has 3 fully saturated rings. The van der Waals surface area contributed by atoms with E-state index in [0.717, 1.165) is 35.8 Å². The van der Waals surface area contributed by atoms with Crippen LogP contribution in [0, 0.1) is 5.92 Å². The Balaban J connectivity index is 1.41. The number of fused-ring (bicyclic) bond motifs is 4. The second-order valence-electron chi connectivity index (χ2n) is 6.42. The van der Waals surface area contributed by atoms with Crippen molar-refractivity contribution in [2.75, 3.05) is 19.7 Å². The molecular formula is C17H21NO2. The van der Waals surface area contributed by atoms with Gasteiger partial charge in [0.2, 0.25) is 0 Å². The van der Waals surface area contributed by atoms with Crippen LogP contribution in [-0.4, -0.2) is 36.4 Å². The molecular weight excluding hydrogens is 250 g/mol. The third-order valence-electron chi connectivity index (χ3n) is 5.21. The number of nitrogens with zero attached hydrogens (tertiary/aromatic N) is 1. The molecule has 4 aliphatic rings. The van der Waals surface area contributed by atoms with Crippen LogP contribution >= 0.6 is 0 Å². The van der Waals surface area contributed by atoms with Crippen molar-refractivity contribution in [3.8, 4) is 5.75 Å². The summed E-state index contributed by atoms with van der Waals surface area (Å²) < 4.78 is 6.01. The minimum absolute atomic E-state index is 0.280. The van der Waals surface area contributed by atoms with Gasteiger partial charge in [-0.05, 0) is 68.5 Å². The van der Waals surface area contributed by atoms with Gasteiger partial charge in [0, 0.05) is 18.0 Å². The zero-order valence-electron chi connectivity index (χ0n) is 11.8. The van der Waals surface area contributed by atoms with E-state index in [-0.39, 0.29) is 5.78 Å². The standard InChI is InChI=1S/C17H21NO2/c19-17-4-1-13-10-15(2-3-16(13)17)20-11-14-9-12-5-7-18(14)8-6-12/h2-3,10,12,14H,1,4-9,11H2. The molecule has 3 heterocycles. The number of Topliss-reactive ketones (excluding diaryl/α,β-unsaturated/α-hetero) is 1. The highest BCUT2D eigenvalue weighted by atomic mass is 16.5. The van der Waals surface area contributed by atoms with Gasteiger partial charge in [0.05, 0.1) is 0 Å². The molecule has 2 bridgehead atoms. The molecule has 3 saturated heterocycles. The van der Waals surface area contributed by atoms with Crippen LogP contribution in [0.15, 0.2) is 18.2 Å². The van der Waals surface area contributed by atoms with Crippen molar-refractivity contribution in [3.63, 3.8) is 0 Å². The average molecular weight is 271 g/mol. The highest BCUT2D eigenvalue weighted by molar-refractivity contribution is 6.00. The lowest BCUT2D eigenvalue weighted by atomic mass is 9.83. The van der Waals surface area contributed by atoms with E-state index in [4.69, 9.17) is 4.74 Å². The number of hydrogen-bond acceptors (Lipinski definition) is 3. The van der Waals surface area contributed by atoms with Crippen molar-refractivity contribution in [3.05, 3.63) is 29.3 Å². The summed E-state index contributed by atoms with van der Waals surface area (Å²) in [6.45, 7) is 3.29. The Hall–Kier alpha value is -1.35. The van der Waals surface area contributed by atoms with Gasteiger partial charge in [0.25, 0.3) is 0 Å². The number of benzene rings is 1. The van der Waals surface area contributed by atoms with E-state index in [1.54, 1.807) is 0 Å². The van der Waals surface area contributed by atoms with Crippen molar-refractivity contribution in [2.45, 2.75) is 38.1 Å². The lowest BCUT2D eigenvalue weighted by Crippen LogP contribution is -2.51. The quantitative estimate of drug-likeness (QED) is 0.846.